The molecular formula is C11H10ClN3O2S. The van der Waals surface area contributed by atoms with Gasteiger partial charge in [-0.15, -0.1) is 0 Å². The van der Waals surface area contributed by atoms with Crippen LogP contribution in [0.15, 0.2) is 29.7 Å². The summed E-state index contributed by atoms with van der Waals surface area (Å²) in [4.78, 5) is 15.8. The number of carbonyl (C=O) groups excluding carboxylic acids is 1. The first-order chi connectivity index (χ1) is 8.70. The van der Waals surface area contributed by atoms with Crippen LogP contribution in [0.5, 0.6) is 5.75 Å². The molecule has 0 radical (unpaired) electrons. The lowest BCUT2D eigenvalue weighted by Crippen LogP contribution is -2.02. The fourth-order valence-electron chi connectivity index (χ4n) is 1.32. The summed E-state index contributed by atoms with van der Waals surface area (Å²) < 4.78 is 5.03. The van der Waals surface area contributed by atoms with Crippen LogP contribution in [0.3, 0.4) is 0 Å². The number of halogens is 1. The van der Waals surface area contributed by atoms with E-state index in [1.54, 1.807) is 18.2 Å². The number of ketones is 1. The van der Waals surface area contributed by atoms with E-state index in [0.29, 0.717) is 21.5 Å². The van der Waals surface area contributed by atoms with Gasteiger partial charge in [0.2, 0.25) is 0 Å². The van der Waals surface area contributed by atoms with Crippen LogP contribution < -0.4 is 4.74 Å². The number of methoxy groups -OCH3 is 1. The summed E-state index contributed by atoms with van der Waals surface area (Å²) in [6.45, 7) is 0. The minimum atomic E-state index is -0.0269. The molecule has 7 heteroatoms. The first-order valence-corrected chi connectivity index (χ1v) is 6.42. The minimum Gasteiger partial charge on any atom is -0.495 e. The molecule has 0 aliphatic heterocycles. The molecule has 0 fully saturated rings. The molecule has 0 unspecified atom stereocenters. The van der Waals surface area contributed by atoms with Crippen LogP contribution in [-0.2, 0) is 0 Å². The quantitative estimate of drug-likeness (QED) is 0.674. The zero-order valence-electron chi connectivity index (χ0n) is 9.51. The maximum Gasteiger partial charge on any atom is 0.183 e. The molecule has 1 aromatic heterocycles. The lowest BCUT2D eigenvalue weighted by Gasteiger charge is -2.04. The third-order valence-electron chi connectivity index (χ3n) is 2.21. The standard InChI is InChI=1S/C11H10ClN3O2S/c1-17-10-3-2-7(4-8(10)12)9(16)5-18-11-13-6-14-15-11/h2-4,6H,5H2,1H3,(H,13,14,15). The Labute approximate surface area is 113 Å². The second-order valence-corrected chi connectivity index (χ2v) is 4.72. The molecule has 0 saturated carbocycles. The van der Waals surface area contributed by atoms with E-state index in [9.17, 15) is 4.79 Å². The first-order valence-electron chi connectivity index (χ1n) is 5.05. The smallest absolute Gasteiger partial charge is 0.183 e. The lowest BCUT2D eigenvalue weighted by molar-refractivity contribution is 0.102. The monoisotopic (exact) mass is 283 g/mol. The van der Waals surface area contributed by atoms with Crippen LogP contribution in [0.1, 0.15) is 10.4 Å². The van der Waals surface area contributed by atoms with Crippen LogP contribution in [0.25, 0.3) is 0 Å². The van der Waals surface area contributed by atoms with Gasteiger partial charge < -0.3 is 4.74 Å². The predicted molar refractivity (Wildman–Crippen MR) is 69.4 cm³/mol. The number of rotatable bonds is 5. The number of hydrogen-bond donors (Lipinski definition) is 1. The molecule has 1 N–H and O–H groups in total. The van der Waals surface area contributed by atoms with E-state index in [1.807, 2.05) is 0 Å². The van der Waals surface area contributed by atoms with Crippen LogP contribution >= 0.6 is 23.4 Å². The zero-order chi connectivity index (χ0) is 13.0. The van der Waals surface area contributed by atoms with E-state index < -0.39 is 0 Å². The van der Waals surface area contributed by atoms with Crippen molar-refractivity contribution in [3.63, 3.8) is 0 Å². The number of H-pyrrole nitrogens is 1. The van der Waals surface area contributed by atoms with Crippen LogP contribution in [0, 0.1) is 0 Å². The van der Waals surface area contributed by atoms with Crippen molar-refractivity contribution in [1.82, 2.24) is 15.2 Å². The topological polar surface area (TPSA) is 67.9 Å². The van der Waals surface area contributed by atoms with Crippen molar-refractivity contribution in [2.75, 3.05) is 12.9 Å². The van der Waals surface area contributed by atoms with Gasteiger partial charge in [-0.2, -0.15) is 5.10 Å². The highest BCUT2D eigenvalue weighted by Crippen LogP contribution is 2.25. The Hall–Kier alpha value is -1.53. The average molecular weight is 284 g/mol. The van der Waals surface area contributed by atoms with Gasteiger partial charge in [0.1, 0.15) is 12.1 Å². The summed E-state index contributed by atoms with van der Waals surface area (Å²) in [5.41, 5.74) is 0.549. The SMILES string of the molecule is COc1ccc(C(=O)CSc2ncn[nH]2)cc1Cl. The molecule has 94 valence electrons. The second-order valence-electron chi connectivity index (χ2n) is 3.35. The molecule has 0 atom stereocenters. The van der Waals surface area contributed by atoms with Gasteiger partial charge in [0, 0.05) is 5.56 Å². The molecular weight excluding hydrogens is 274 g/mol. The summed E-state index contributed by atoms with van der Waals surface area (Å²) in [5, 5.41) is 7.42. The Balaban J connectivity index is 2.02. The number of Topliss-reactive ketones (excluding diaryl/α,β-unsaturated/α-hetero) is 1. The van der Waals surface area contributed by atoms with E-state index in [2.05, 4.69) is 15.2 Å². The minimum absolute atomic E-state index is 0.0269. The largest absolute Gasteiger partial charge is 0.495 e. The Morgan fingerprint density at radius 1 is 1.56 bits per heavy atom. The van der Waals surface area contributed by atoms with Gasteiger partial charge in [0.15, 0.2) is 10.9 Å². The molecule has 0 aliphatic carbocycles. The van der Waals surface area contributed by atoms with Crippen LogP contribution in [0.4, 0.5) is 0 Å². The number of nitrogens with one attached hydrogen (secondary N) is 1. The van der Waals surface area contributed by atoms with Gasteiger partial charge in [-0.05, 0) is 18.2 Å². The lowest BCUT2D eigenvalue weighted by atomic mass is 10.1. The second kappa shape index (κ2) is 5.88. The first kappa shape index (κ1) is 12.9. The molecule has 0 amide bonds. The Morgan fingerprint density at radius 2 is 2.39 bits per heavy atom. The van der Waals surface area contributed by atoms with Crippen LogP contribution in [-0.4, -0.2) is 33.8 Å². The summed E-state index contributed by atoms with van der Waals surface area (Å²) in [5.74, 6) is 0.801. The molecule has 0 spiro atoms. The molecule has 0 saturated heterocycles. The highest BCUT2D eigenvalue weighted by atomic mass is 35.5. The van der Waals surface area contributed by atoms with Gasteiger partial charge >= 0.3 is 0 Å². The van der Waals surface area contributed by atoms with E-state index in [-0.39, 0.29) is 11.5 Å². The van der Waals surface area contributed by atoms with Crippen molar-refractivity contribution in [3.8, 4) is 5.75 Å². The Bertz CT molecular complexity index is 545. The van der Waals surface area contributed by atoms with E-state index in [0.717, 1.165) is 0 Å². The summed E-state index contributed by atoms with van der Waals surface area (Å²) in [6.07, 6.45) is 1.40. The molecule has 2 rings (SSSR count). The van der Waals surface area contributed by atoms with Crippen molar-refractivity contribution >= 4 is 29.1 Å². The van der Waals surface area contributed by atoms with Crippen molar-refractivity contribution < 1.29 is 9.53 Å². The van der Waals surface area contributed by atoms with E-state index in [4.69, 9.17) is 16.3 Å². The Kier molecular flexibility index (Phi) is 4.22. The third-order valence-corrected chi connectivity index (χ3v) is 3.38. The van der Waals surface area contributed by atoms with Gasteiger partial charge in [-0.3, -0.25) is 9.89 Å². The molecule has 0 aliphatic rings. The molecule has 5 nitrogen and oxygen atoms in total. The van der Waals surface area contributed by atoms with E-state index in [1.165, 1.54) is 25.2 Å². The average Bonchev–Trinajstić information content (AvgIpc) is 2.89. The molecule has 2 aromatic rings. The van der Waals surface area contributed by atoms with Crippen molar-refractivity contribution in [2.45, 2.75) is 5.16 Å². The summed E-state index contributed by atoms with van der Waals surface area (Å²) in [6, 6.07) is 4.96. The molecule has 1 aromatic carbocycles. The third kappa shape index (κ3) is 3.02. The maximum absolute atomic E-state index is 11.9. The van der Waals surface area contributed by atoms with E-state index >= 15 is 0 Å². The summed E-state index contributed by atoms with van der Waals surface area (Å²) in [7, 11) is 1.53. The summed E-state index contributed by atoms with van der Waals surface area (Å²) >= 11 is 7.25. The fraction of sp³-hybridized carbons (Fsp3) is 0.182. The molecule has 0 bridgehead atoms. The number of carbonyl (C=O) groups is 1. The zero-order valence-corrected chi connectivity index (χ0v) is 11.1. The highest BCUT2D eigenvalue weighted by molar-refractivity contribution is 7.99. The van der Waals surface area contributed by atoms with Gasteiger partial charge in [-0.1, -0.05) is 23.4 Å². The van der Waals surface area contributed by atoms with Crippen molar-refractivity contribution in [3.05, 3.63) is 35.1 Å². The highest BCUT2D eigenvalue weighted by Gasteiger charge is 2.10. The predicted octanol–water partition coefficient (Wildman–Crippen LogP) is 2.44. The number of ether oxygens (including phenoxy) is 1. The van der Waals surface area contributed by atoms with Crippen molar-refractivity contribution in [1.29, 1.82) is 0 Å². The number of aromatic nitrogens is 3. The number of nitrogens with zero attached hydrogens (tertiary/aromatic N) is 2. The van der Waals surface area contributed by atoms with Gasteiger partial charge in [0.05, 0.1) is 17.9 Å². The van der Waals surface area contributed by atoms with Gasteiger partial charge in [0.25, 0.3) is 0 Å². The van der Waals surface area contributed by atoms with Crippen LogP contribution in [0.2, 0.25) is 5.02 Å². The van der Waals surface area contributed by atoms with Gasteiger partial charge in [-0.25, -0.2) is 4.98 Å². The number of thioether (sulfide) groups is 1. The molecule has 1 heterocycles. The fourth-order valence-corrected chi connectivity index (χ4v) is 2.25. The number of aromatic amines is 1. The number of hydrogen-bond acceptors (Lipinski definition) is 5. The van der Waals surface area contributed by atoms with Crippen molar-refractivity contribution in [2.24, 2.45) is 0 Å². The number of benzene rings is 1. The normalized spacial score (nSPS) is 10.3. The molecule has 18 heavy (non-hydrogen) atoms. The Morgan fingerprint density at radius 3 is 3.00 bits per heavy atom. The maximum atomic E-state index is 11.9.